The van der Waals surface area contributed by atoms with Gasteiger partial charge in [0.15, 0.2) is 0 Å². The Morgan fingerprint density at radius 1 is 0.829 bits per heavy atom. The van der Waals surface area contributed by atoms with Gasteiger partial charge in [-0.2, -0.15) is 0 Å². The number of hydrogen-bond donors (Lipinski definition) is 2. The van der Waals surface area contributed by atoms with Crippen LogP contribution in [0.3, 0.4) is 0 Å². The maximum absolute atomic E-state index is 13.3. The summed E-state index contributed by atoms with van der Waals surface area (Å²) in [5.41, 5.74) is 0.399. The Morgan fingerprint density at radius 3 is 1.46 bits per heavy atom. The number of rotatable bonds is 4. The standard InChI is InChI=1S/C20H20F2N2O2.2CH4O.Mn.NO3/c21-15-5-7-19(25)13(9-15)11-23-17-3-1-2-4-18(17)24-12-14-10-16(22)6-8-20(14)26;2*1-2;;2-1(3)4/h5-12,17-18,25-26H,1-4H2;2*2H,1H3;;/q;;;+3;-1/p-2/t17-,18-;;;;/m1..../s1. The van der Waals surface area contributed by atoms with E-state index in [2.05, 4.69) is 9.98 Å². The van der Waals surface area contributed by atoms with Gasteiger partial charge in [0, 0.05) is 26.6 Å². The zero-order chi connectivity index (χ0) is 26.1. The van der Waals surface area contributed by atoms with Crippen molar-refractivity contribution in [3.05, 3.63) is 74.5 Å². The van der Waals surface area contributed by atoms with Gasteiger partial charge >= 0.3 is 17.1 Å². The third-order valence-electron chi connectivity index (χ3n) is 4.45. The smallest absolute Gasteiger partial charge is 0.872 e. The van der Waals surface area contributed by atoms with E-state index in [9.17, 15) is 19.0 Å². The average Bonchev–Trinajstić information content (AvgIpc) is 2.83. The summed E-state index contributed by atoms with van der Waals surface area (Å²) in [5.74, 6) is -1.56. The van der Waals surface area contributed by atoms with Crippen LogP contribution in [-0.2, 0) is 17.1 Å². The summed E-state index contributed by atoms with van der Waals surface area (Å²) in [6.45, 7) is 0. The first kappa shape index (κ1) is 34.0. The molecule has 10 nitrogen and oxygen atoms in total. The molecule has 2 atom stereocenters. The van der Waals surface area contributed by atoms with E-state index in [4.69, 9.17) is 25.5 Å². The molecule has 0 aliphatic heterocycles. The van der Waals surface area contributed by atoms with E-state index in [0.29, 0.717) is 0 Å². The van der Waals surface area contributed by atoms with E-state index in [1.165, 1.54) is 24.6 Å². The SMILES string of the molecule is CO.CO.O=[N+]([O-])[O-].[Mn+3].[O-]c1ccc(F)cc1C=N[C@@H]1CCCC[C@H]1N=Cc1cc(F)ccc1[O-]. The molecule has 0 radical (unpaired) electrons. The summed E-state index contributed by atoms with van der Waals surface area (Å²) in [6.07, 6.45) is 6.32. The molecule has 192 valence electrons. The zero-order valence-electron chi connectivity index (χ0n) is 19.0. The third-order valence-corrected chi connectivity index (χ3v) is 4.45. The first-order chi connectivity index (χ1) is 16.3. The first-order valence-electron chi connectivity index (χ1n) is 9.96. The molecule has 0 spiro atoms. The minimum absolute atomic E-state index is 0. The Hall–Kier alpha value is -3.12. The van der Waals surface area contributed by atoms with Crippen LogP contribution in [0.4, 0.5) is 8.78 Å². The van der Waals surface area contributed by atoms with Crippen molar-refractivity contribution in [3.63, 3.8) is 0 Å². The molecule has 1 aliphatic rings. The van der Waals surface area contributed by atoms with Gasteiger partial charge in [-0.25, -0.2) is 8.78 Å². The van der Waals surface area contributed by atoms with Crippen LogP contribution in [-0.4, -0.2) is 54.0 Å². The molecule has 0 saturated heterocycles. The van der Waals surface area contributed by atoms with Gasteiger partial charge in [0.1, 0.15) is 11.6 Å². The molecule has 2 N–H and O–H groups in total. The van der Waals surface area contributed by atoms with E-state index >= 15 is 0 Å². The topological polar surface area (TPSA) is 178 Å². The van der Waals surface area contributed by atoms with E-state index < -0.39 is 16.7 Å². The molecular formula is C22H26F2MnN3O7. The first-order valence-corrected chi connectivity index (χ1v) is 9.96. The van der Waals surface area contributed by atoms with Crippen molar-refractivity contribution in [2.75, 3.05) is 14.2 Å². The molecular weight excluding hydrogens is 511 g/mol. The van der Waals surface area contributed by atoms with Crippen LogP contribution >= 0.6 is 0 Å². The summed E-state index contributed by atoms with van der Waals surface area (Å²) in [7, 11) is 2.00. The molecule has 2 aromatic carbocycles. The Labute approximate surface area is 211 Å². The van der Waals surface area contributed by atoms with Crippen LogP contribution in [0.2, 0.25) is 0 Å². The Balaban J connectivity index is 0. The van der Waals surface area contributed by atoms with E-state index in [1.54, 1.807) is 0 Å². The van der Waals surface area contributed by atoms with Crippen LogP contribution in [0.1, 0.15) is 36.8 Å². The van der Waals surface area contributed by atoms with Gasteiger partial charge in [0.05, 0.1) is 17.2 Å². The van der Waals surface area contributed by atoms with Gasteiger partial charge in [-0.1, -0.05) is 36.5 Å². The molecule has 1 saturated carbocycles. The molecule has 0 amide bonds. The number of aliphatic hydroxyl groups is 2. The minimum atomic E-state index is -1.75. The average molecular weight is 537 g/mol. The fraction of sp³-hybridized carbons (Fsp3) is 0.364. The minimum Gasteiger partial charge on any atom is -0.872 e. The summed E-state index contributed by atoms with van der Waals surface area (Å²) in [6, 6.07) is 6.57. The van der Waals surface area contributed by atoms with Crippen LogP contribution in [0.25, 0.3) is 0 Å². The molecule has 0 unspecified atom stereocenters. The number of aliphatic hydroxyl groups excluding tert-OH is 2. The second-order valence-electron chi connectivity index (χ2n) is 6.56. The van der Waals surface area contributed by atoms with Crippen molar-refractivity contribution >= 4 is 12.4 Å². The third kappa shape index (κ3) is 13.4. The van der Waals surface area contributed by atoms with E-state index in [0.717, 1.165) is 64.2 Å². The Morgan fingerprint density at radius 2 is 1.14 bits per heavy atom. The summed E-state index contributed by atoms with van der Waals surface area (Å²) >= 11 is 0. The summed E-state index contributed by atoms with van der Waals surface area (Å²) in [5, 5.41) is 52.2. The normalized spacial score (nSPS) is 16.5. The summed E-state index contributed by atoms with van der Waals surface area (Å²) < 4.78 is 26.6. The van der Waals surface area contributed by atoms with Crippen LogP contribution in [0.5, 0.6) is 11.5 Å². The fourth-order valence-electron chi connectivity index (χ4n) is 3.03. The van der Waals surface area contributed by atoms with E-state index in [1.807, 2.05) is 0 Å². The van der Waals surface area contributed by atoms with Crippen molar-refractivity contribution in [1.29, 1.82) is 0 Å². The quantitative estimate of drug-likeness (QED) is 0.259. The maximum Gasteiger partial charge on any atom is 3.00 e. The van der Waals surface area contributed by atoms with Crippen LogP contribution in [0, 0.1) is 27.0 Å². The van der Waals surface area contributed by atoms with Crippen molar-refractivity contribution in [2.24, 2.45) is 9.98 Å². The molecule has 0 aromatic heterocycles. The molecule has 0 bridgehead atoms. The van der Waals surface area contributed by atoms with Crippen molar-refractivity contribution in [3.8, 4) is 11.5 Å². The Bertz CT molecular complexity index is 876. The van der Waals surface area contributed by atoms with Crippen molar-refractivity contribution in [1.82, 2.24) is 0 Å². The van der Waals surface area contributed by atoms with Gasteiger partial charge in [0.25, 0.3) is 0 Å². The van der Waals surface area contributed by atoms with Gasteiger partial charge in [-0.05, 0) is 48.2 Å². The summed E-state index contributed by atoms with van der Waals surface area (Å²) in [4.78, 5) is 17.1. The number of halogens is 2. The van der Waals surface area contributed by atoms with Crippen molar-refractivity contribution < 1.29 is 51.4 Å². The molecule has 2 aromatic rings. The molecule has 1 aliphatic carbocycles. The van der Waals surface area contributed by atoms with Gasteiger partial charge in [0.2, 0.25) is 0 Å². The largest absolute Gasteiger partial charge is 3.00 e. The predicted molar refractivity (Wildman–Crippen MR) is 120 cm³/mol. The second-order valence-corrected chi connectivity index (χ2v) is 6.56. The molecule has 1 fully saturated rings. The van der Waals surface area contributed by atoms with Crippen LogP contribution < -0.4 is 10.2 Å². The molecule has 3 rings (SSSR count). The second kappa shape index (κ2) is 19.2. The van der Waals surface area contributed by atoms with Gasteiger partial charge in [-0.15, -0.1) is 0 Å². The molecule has 35 heavy (non-hydrogen) atoms. The molecule has 13 heteroatoms. The Kier molecular flexibility index (Phi) is 18.7. The number of nitrogens with zero attached hydrogens (tertiary/aromatic N) is 3. The van der Waals surface area contributed by atoms with Crippen LogP contribution in [0.15, 0.2) is 46.4 Å². The maximum atomic E-state index is 13.3. The fourth-order valence-corrected chi connectivity index (χ4v) is 3.03. The van der Waals surface area contributed by atoms with Gasteiger partial charge in [-0.3, -0.25) is 9.98 Å². The number of hydrogen-bond acceptors (Lipinski definition) is 9. The zero-order valence-corrected chi connectivity index (χ0v) is 20.2. The number of benzene rings is 2. The van der Waals surface area contributed by atoms with Gasteiger partial charge < -0.3 is 35.7 Å². The monoisotopic (exact) mass is 537 g/mol. The number of aliphatic imine (C=N–C) groups is 2. The van der Waals surface area contributed by atoms with Crippen molar-refractivity contribution in [2.45, 2.75) is 37.8 Å². The van der Waals surface area contributed by atoms with E-state index in [-0.39, 0.29) is 51.8 Å². The molecule has 0 heterocycles. The predicted octanol–water partition coefficient (Wildman–Crippen LogP) is 1.94.